The lowest BCUT2D eigenvalue weighted by Gasteiger charge is -2.22. The second-order valence-electron chi connectivity index (χ2n) is 18.7. The van der Waals surface area contributed by atoms with E-state index in [0.29, 0.717) is 5.82 Å². The van der Waals surface area contributed by atoms with Gasteiger partial charge in [-0.25, -0.2) is 9.97 Å². The second-order valence-corrected chi connectivity index (χ2v) is 18.7. The van der Waals surface area contributed by atoms with Crippen LogP contribution in [0.1, 0.15) is 0 Å². The molecule has 0 N–H and O–H groups in total. The van der Waals surface area contributed by atoms with Gasteiger partial charge in [0, 0.05) is 27.5 Å². The summed E-state index contributed by atoms with van der Waals surface area (Å²) < 4.78 is 6.90. The molecule has 0 amide bonds. The lowest BCUT2D eigenvalue weighted by molar-refractivity contribution is 0.669. The highest BCUT2D eigenvalue weighted by Crippen LogP contribution is 2.51. The number of aromatic nitrogens is 2. The molecule has 13 aromatic carbocycles. The van der Waals surface area contributed by atoms with Crippen molar-refractivity contribution in [3.05, 3.63) is 243 Å². The zero-order valence-corrected chi connectivity index (χ0v) is 38.4. The average Bonchev–Trinajstić information content (AvgIpc) is 3.80. The van der Waals surface area contributed by atoms with Crippen molar-refractivity contribution in [1.82, 2.24) is 9.97 Å². The van der Waals surface area contributed by atoms with Crippen LogP contribution in [0.2, 0.25) is 0 Å². The van der Waals surface area contributed by atoms with Gasteiger partial charge in [-0.1, -0.05) is 212 Å². The van der Waals surface area contributed by atoms with Gasteiger partial charge < -0.3 is 4.42 Å². The van der Waals surface area contributed by atoms with E-state index in [1.807, 2.05) is 12.1 Å². The molecular weight excluding hydrogens is 861 g/mol. The van der Waals surface area contributed by atoms with Crippen LogP contribution in [0, 0.1) is 0 Å². The molecule has 0 unspecified atom stereocenters. The Labute approximate surface area is 408 Å². The van der Waals surface area contributed by atoms with Crippen molar-refractivity contribution >= 4 is 97.3 Å². The van der Waals surface area contributed by atoms with Crippen molar-refractivity contribution in [1.29, 1.82) is 0 Å². The minimum absolute atomic E-state index is 0.699. The Morgan fingerprint density at radius 2 is 0.563 bits per heavy atom. The van der Waals surface area contributed by atoms with Crippen LogP contribution in [0.15, 0.2) is 247 Å². The van der Waals surface area contributed by atoms with Crippen LogP contribution in [-0.4, -0.2) is 9.97 Å². The van der Waals surface area contributed by atoms with Crippen LogP contribution in [-0.2, 0) is 0 Å². The van der Waals surface area contributed by atoms with Gasteiger partial charge in [-0.2, -0.15) is 0 Å². The van der Waals surface area contributed by atoms with Crippen molar-refractivity contribution < 1.29 is 4.42 Å². The number of benzene rings is 13. The zero-order chi connectivity index (χ0) is 46.6. The Bertz CT molecular complexity index is 4520. The van der Waals surface area contributed by atoms with Crippen LogP contribution in [0.3, 0.4) is 0 Å². The lowest BCUT2D eigenvalue weighted by atomic mass is 9.81. The number of hydrogen-bond donors (Lipinski definition) is 0. The topological polar surface area (TPSA) is 38.9 Å². The van der Waals surface area contributed by atoms with E-state index < -0.39 is 0 Å². The summed E-state index contributed by atoms with van der Waals surface area (Å²) in [6, 6.07) is 87.5. The molecule has 0 fully saturated rings. The largest absolute Gasteiger partial charge is 0.456 e. The first kappa shape index (κ1) is 39.5. The lowest BCUT2D eigenvalue weighted by Crippen LogP contribution is -1.99. The molecule has 0 aliphatic heterocycles. The molecule has 2 heterocycles. The average molecular weight is 901 g/mol. The number of nitrogens with zero attached hydrogens (tertiary/aromatic N) is 2. The highest BCUT2D eigenvalue weighted by molar-refractivity contribution is 6.31. The Balaban J connectivity index is 0.975. The van der Waals surface area contributed by atoms with Crippen molar-refractivity contribution in [2.24, 2.45) is 0 Å². The maximum absolute atomic E-state index is 6.90. The minimum atomic E-state index is 0.699. The van der Waals surface area contributed by atoms with E-state index in [9.17, 15) is 0 Å². The molecule has 0 saturated carbocycles. The Morgan fingerprint density at radius 1 is 0.211 bits per heavy atom. The summed E-state index contributed by atoms with van der Waals surface area (Å²) in [7, 11) is 0. The molecule has 0 radical (unpaired) electrons. The van der Waals surface area contributed by atoms with Gasteiger partial charge in [-0.3, -0.25) is 0 Å². The van der Waals surface area contributed by atoms with E-state index in [2.05, 4.69) is 231 Å². The van der Waals surface area contributed by atoms with Gasteiger partial charge in [-0.05, 0) is 128 Å². The summed E-state index contributed by atoms with van der Waals surface area (Å²) in [6.45, 7) is 0. The predicted molar refractivity (Wildman–Crippen MR) is 299 cm³/mol. The molecule has 2 aromatic heterocycles. The van der Waals surface area contributed by atoms with E-state index >= 15 is 0 Å². The Kier molecular flexibility index (Phi) is 8.66. The molecule has 0 saturated heterocycles. The fourth-order valence-corrected chi connectivity index (χ4v) is 11.7. The minimum Gasteiger partial charge on any atom is -0.456 e. The van der Waals surface area contributed by atoms with Crippen LogP contribution in [0.5, 0.6) is 0 Å². The number of furan rings is 1. The molecule has 15 rings (SSSR count). The summed E-state index contributed by atoms with van der Waals surface area (Å²) in [4.78, 5) is 10.8. The third-order valence-electron chi connectivity index (χ3n) is 14.8. The molecule has 328 valence electrons. The predicted octanol–water partition coefficient (Wildman–Crippen LogP) is 18.8. The van der Waals surface area contributed by atoms with E-state index in [1.54, 1.807) is 0 Å². The molecule has 0 bridgehead atoms. The van der Waals surface area contributed by atoms with E-state index in [1.165, 1.54) is 70.6 Å². The normalized spacial score (nSPS) is 11.9. The van der Waals surface area contributed by atoms with E-state index in [-0.39, 0.29) is 0 Å². The second kappa shape index (κ2) is 15.5. The summed E-state index contributed by atoms with van der Waals surface area (Å²) in [5.41, 5.74) is 11.4. The molecule has 71 heavy (non-hydrogen) atoms. The smallest absolute Gasteiger partial charge is 0.161 e. The van der Waals surface area contributed by atoms with Gasteiger partial charge in [-0.15, -0.1) is 0 Å². The van der Waals surface area contributed by atoms with Gasteiger partial charge in [0.25, 0.3) is 0 Å². The molecular formula is C68H40N2O. The first-order valence-electron chi connectivity index (χ1n) is 24.3. The zero-order valence-electron chi connectivity index (χ0n) is 38.4. The van der Waals surface area contributed by atoms with Crippen LogP contribution >= 0.6 is 0 Å². The van der Waals surface area contributed by atoms with E-state index in [4.69, 9.17) is 14.4 Å². The Hall–Kier alpha value is -9.44. The molecule has 0 atom stereocenters. The number of rotatable bonds is 5. The van der Waals surface area contributed by atoms with Gasteiger partial charge in [0.15, 0.2) is 5.82 Å². The third-order valence-corrected chi connectivity index (χ3v) is 14.8. The number of hydrogen-bond acceptors (Lipinski definition) is 3. The summed E-state index contributed by atoms with van der Waals surface area (Å²) in [5.74, 6) is 0.699. The van der Waals surface area contributed by atoms with Gasteiger partial charge >= 0.3 is 0 Å². The summed E-state index contributed by atoms with van der Waals surface area (Å²) in [5, 5.41) is 18.9. The molecule has 3 heteroatoms. The first-order chi connectivity index (χ1) is 35.2. The summed E-state index contributed by atoms with van der Waals surface area (Å²) in [6.07, 6.45) is 0. The van der Waals surface area contributed by atoms with E-state index in [0.717, 1.165) is 77.1 Å². The monoisotopic (exact) mass is 900 g/mol. The molecule has 0 aliphatic carbocycles. The van der Waals surface area contributed by atoms with Gasteiger partial charge in [0.2, 0.25) is 0 Å². The van der Waals surface area contributed by atoms with Crippen molar-refractivity contribution in [3.63, 3.8) is 0 Å². The van der Waals surface area contributed by atoms with Crippen LogP contribution < -0.4 is 0 Å². The highest BCUT2D eigenvalue weighted by atomic mass is 16.3. The fourth-order valence-electron chi connectivity index (χ4n) is 11.7. The van der Waals surface area contributed by atoms with Crippen LogP contribution in [0.25, 0.3) is 154 Å². The molecule has 15 aromatic rings. The highest BCUT2D eigenvalue weighted by Gasteiger charge is 2.24. The maximum Gasteiger partial charge on any atom is 0.161 e. The first-order valence-corrected chi connectivity index (χ1v) is 24.3. The van der Waals surface area contributed by atoms with Gasteiger partial charge in [0.1, 0.15) is 11.2 Å². The molecule has 3 nitrogen and oxygen atoms in total. The van der Waals surface area contributed by atoms with Gasteiger partial charge in [0.05, 0.1) is 11.4 Å². The van der Waals surface area contributed by atoms with Crippen molar-refractivity contribution in [3.8, 4) is 56.2 Å². The van der Waals surface area contributed by atoms with Crippen LogP contribution in [0.4, 0.5) is 0 Å². The SMILES string of the molecule is c1ccc(-c2cc(-c3ccccc3)nc(-c3c4ccccc4c(-c4c5ccccc5c(-c5ccc6c(c5)oc5cc7c8ccccc8c8ccccc8c7cc56)c5ccccc45)c4ccccc34)n2)cc1. The fraction of sp³-hybridized carbons (Fsp3) is 0. The number of fused-ring (bicyclic) bond motifs is 13. The third kappa shape index (κ3) is 6.03. The quantitative estimate of drug-likeness (QED) is 0.128. The standard InChI is InChI=1S/C68H40N2O/c1-3-19-41(20-4-1)60-40-61(42-21-5-2-6-22-42)70-68(69-60)67-55-33-17-15-31-53(55)66(54-32-16-18-34-56(54)67)65-51-29-13-11-27-49(51)64(50-28-12-14-30-52(50)65)43-35-36-48-59-38-57-46-25-9-7-23-44(46)45-24-8-10-26-47(45)58(57)39-63(59)71-62(48)37-43/h1-40H. The molecule has 0 spiro atoms. The summed E-state index contributed by atoms with van der Waals surface area (Å²) >= 11 is 0. The molecule has 0 aliphatic rings. The van der Waals surface area contributed by atoms with Crippen molar-refractivity contribution in [2.75, 3.05) is 0 Å². The van der Waals surface area contributed by atoms with Crippen molar-refractivity contribution in [2.45, 2.75) is 0 Å². The maximum atomic E-state index is 6.90. The Morgan fingerprint density at radius 3 is 1.01 bits per heavy atom.